The molecule has 1 unspecified atom stereocenters. The number of para-hydroxylation sites is 1. The molecule has 0 saturated heterocycles. The number of amides is 2. The number of aryl methyl sites for hydroxylation is 2. The number of thiocarbonyl (C=S) groups is 1. The zero-order valence-electron chi connectivity index (χ0n) is 19.6. The molecule has 2 aromatic rings. The highest BCUT2D eigenvalue weighted by atomic mass is 32.1. The number of urea groups is 1. The summed E-state index contributed by atoms with van der Waals surface area (Å²) in [7, 11) is 0. The largest absolute Gasteiger partial charge is 0.463 e. The van der Waals surface area contributed by atoms with Gasteiger partial charge in [-0.15, -0.1) is 0 Å². The van der Waals surface area contributed by atoms with E-state index in [9.17, 15) is 9.59 Å². The molecule has 2 aromatic carbocycles. The summed E-state index contributed by atoms with van der Waals surface area (Å²) in [5.41, 5.74) is 5.41. The minimum absolute atomic E-state index is 0.277. The minimum atomic E-state index is -0.484. The maximum atomic E-state index is 12.8. The molecule has 0 bridgehead atoms. The Labute approximate surface area is 200 Å². The first-order valence-corrected chi connectivity index (χ1v) is 11.4. The molecular weight excluding hydrogens is 436 g/mol. The van der Waals surface area contributed by atoms with Gasteiger partial charge in [-0.25, -0.2) is 9.59 Å². The van der Waals surface area contributed by atoms with Gasteiger partial charge in [-0.05, 0) is 75.7 Å². The third kappa shape index (κ3) is 5.34. The van der Waals surface area contributed by atoms with Crippen LogP contribution in [-0.2, 0) is 9.53 Å². The van der Waals surface area contributed by atoms with Crippen LogP contribution in [0, 0.1) is 13.8 Å². The third-order valence-electron chi connectivity index (χ3n) is 5.61. The van der Waals surface area contributed by atoms with Gasteiger partial charge in [0.2, 0.25) is 0 Å². The Bertz CT molecular complexity index is 1090. The Morgan fingerprint density at radius 1 is 1.06 bits per heavy atom. The fraction of sp³-hybridized carbons (Fsp3) is 0.320. The monoisotopic (exact) mass is 466 g/mol. The molecule has 0 saturated carbocycles. The predicted octanol–water partition coefficient (Wildman–Crippen LogP) is 5.04. The normalized spacial score (nSPS) is 15.7. The van der Waals surface area contributed by atoms with Crippen molar-refractivity contribution in [2.75, 3.05) is 23.8 Å². The van der Waals surface area contributed by atoms with Gasteiger partial charge in [0.05, 0.1) is 18.2 Å². The summed E-state index contributed by atoms with van der Waals surface area (Å²) >= 11 is 5.53. The van der Waals surface area contributed by atoms with E-state index >= 15 is 0 Å². The van der Waals surface area contributed by atoms with Gasteiger partial charge in [-0.1, -0.05) is 30.3 Å². The molecule has 1 aliphatic heterocycles. The fourth-order valence-corrected chi connectivity index (χ4v) is 4.35. The van der Waals surface area contributed by atoms with Crippen LogP contribution < -0.4 is 16.0 Å². The number of carbonyl (C=O) groups excluding carboxylic acids is 2. The van der Waals surface area contributed by atoms with Crippen molar-refractivity contribution in [2.24, 2.45) is 0 Å². The first kappa shape index (κ1) is 24.3. The number of nitrogens with zero attached hydrogens (tertiary/aromatic N) is 1. The SMILES string of the molecule is CCOC(=O)C1=C(C)N(CC)C(=S)NC1c1cccc(NC(=O)Nc2c(C)cccc2C)c1. The molecule has 7 nitrogen and oxygen atoms in total. The van der Waals surface area contributed by atoms with E-state index in [1.165, 1.54) is 0 Å². The second kappa shape index (κ2) is 10.5. The number of hydrogen-bond acceptors (Lipinski definition) is 4. The molecule has 1 aliphatic rings. The number of allylic oxidation sites excluding steroid dienone is 1. The second-order valence-corrected chi connectivity index (χ2v) is 8.20. The maximum absolute atomic E-state index is 12.8. The topological polar surface area (TPSA) is 82.7 Å². The van der Waals surface area contributed by atoms with Crippen molar-refractivity contribution in [3.63, 3.8) is 0 Å². The van der Waals surface area contributed by atoms with Gasteiger partial charge in [0.1, 0.15) is 0 Å². The Hall–Kier alpha value is -3.39. The molecule has 3 rings (SSSR count). The van der Waals surface area contributed by atoms with Crippen LogP contribution in [0.4, 0.5) is 16.2 Å². The number of hydrogen-bond donors (Lipinski definition) is 3. The Kier molecular flexibility index (Phi) is 7.71. The smallest absolute Gasteiger partial charge is 0.338 e. The van der Waals surface area contributed by atoms with E-state index in [0.29, 0.717) is 22.9 Å². The van der Waals surface area contributed by atoms with E-state index in [0.717, 1.165) is 28.1 Å². The molecule has 1 heterocycles. The molecule has 0 aliphatic carbocycles. The summed E-state index contributed by atoms with van der Waals surface area (Å²) in [6.45, 7) is 10.4. The molecule has 0 fully saturated rings. The number of anilines is 2. The summed E-state index contributed by atoms with van der Waals surface area (Å²) in [5.74, 6) is -0.389. The van der Waals surface area contributed by atoms with E-state index in [4.69, 9.17) is 17.0 Å². The van der Waals surface area contributed by atoms with Crippen molar-refractivity contribution in [1.29, 1.82) is 0 Å². The fourth-order valence-electron chi connectivity index (χ4n) is 3.97. The summed E-state index contributed by atoms with van der Waals surface area (Å²) < 4.78 is 5.33. The predicted molar refractivity (Wildman–Crippen MR) is 135 cm³/mol. The minimum Gasteiger partial charge on any atom is -0.463 e. The van der Waals surface area contributed by atoms with Gasteiger partial charge < -0.3 is 25.6 Å². The van der Waals surface area contributed by atoms with Gasteiger partial charge in [-0.3, -0.25) is 0 Å². The first-order valence-electron chi connectivity index (χ1n) is 11.0. The average molecular weight is 467 g/mol. The van der Waals surface area contributed by atoms with Gasteiger partial charge in [0.15, 0.2) is 5.11 Å². The zero-order chi connectivity index (χ0) is 24.1. The second-order valence-electron chi connectivity index (χ2n) is 7.82. The molecule has 2 amide bonds. The lowest BCUT2D eigenvalue weighted by atomic mass is 9.94. The van der Waals surface area contributed by atoms with Crippen LogP contribution in [-0.4, -0.2) is 35.2 Å². The molecule has 174 valence electrons. The highest BCUT2D eigenvalue weighted by molar-refractivity contribution is 7.80. The van der Waals surface area contributed by atoms with Crippen LogP contribution in [0.3, 0.4) is 0 Å². The molecule has 3 N–H and O–H groups in total. The van der Waals surface area contributed by atoms with Crippen LogP contribution in [0.1, 0.15) is 43.5 Å². The van der Waals surface area contributed by atoms with Crippen LogP contribution >= 0.6 is 12.2 Å². The van der Waals surface area contributed by atoms with Crippen molar-refractivity contribution in [1.82, 2.24) is 10.2 Å². The highest BCUT2D eigenvalue weighted by Gasteiger charge is 2.34. The lowest BCUT2D eigenvalue weighted by Gasteiger charge is -2.37. The van der Waals surface area contributed by atoms with Crippen molar-refractivity contribution in [2.45, 2.75) is 40.7 Å². The van der Waals surface area contributed by atoms with Gasteiger partial charge in [0, 0.05) is 23.6 Å². The van der Waals surface area contributed by atoms with Crippen LogP contribution in [0.15, 0.2) is 53.7 Å². The summed E-state index contributed by atoms with van der Waals surface area (Å²) in [6.07, 6.45) is 0. The number of ether oxygens (including phenoxy) is 1. The molecular formula is C25H30N4O3S. The van der Waals surface area contributed by atoms with E-state index < -0.39 is 6.04 Å². The van der Waals surface area contributed by atoms with E-state index in [-0.39, 0.29) is 18.6 Å². The third-order valence-corrected chi connectivity index (χ3v) is 5.94. The molecule has 0 spiro atoms. The number of benzene rings is 2. The van der Waals surface area contributed by atoms with Crippen LogP contribution in [0.2, 0.25) is 0 Å². The Morgan fingerprint density at radius 2 is 1.73 bits per heavy atom. The van der Waals surface area contributed by atoms with Gasteiger partial charge in [-0.2, -0.15) is 0 Å². The van der Waals surface area contributed by atoms with E-state index in [2.05, 4.69) is 16.0 Å². The summed E-state index contributed by atoms with van der Waals surface area (Å²) in [6, 6.07) is 12.4. The quantitative estimate of drug-likeness (QED) is 0.409. The summed E-state index contributed by atoms with van der Waals surface area (Å²) in [5, 5.41) is 9.60. The molecule has 8 heteroatoms. The lowest BCUT2D eigenvalue weighted by molar-refractivity contribution is -0.139. The first-order chi connectivity index (χ1) is 15.8. The number of nitrogens with one attached hydrogen (secondary N) is 3. The summed E-state index contributed by atoms with van der Waals surface area (Å²) in [4.78, 5) is 27.4. The van der Waals surface area contributed by atoms with Crippen molar-refractivity contribution >= 4 is 40.7 Å². The lowest BCUT2D eigenvalue weighted by Crippen LogP contribution is -2.47. The number of rotatable bonds is 6. The number of esters is 1. The maximum Gasteiger partial charge on any atom is 0.338 e. The van der Waals surface area contributed by atoms with Crippen molar-refractivity contribution in [3.05, 3.63) is 70.4 Å². The van der Waals surface area contributed by atoms with Gasteiger partial charge >= 0.3 is 12.0 Å². The molecule has 1 atom stereocenters. The Morgan fingerprint density at radius 3 is 2.36 bits per heavy atom. The van der Waals surface area contributed by atoms with Crippen LogP contribution in [0.25, 0.3) is 0 Å². The standard InChI is InChI=1S/C25H30N4O3S/c1-6-29-17(5)20(23(30)32-7-2)22(28-25(29)33)18-12-9-13-19(14-18)26-24(31)27-21-15(3)10-8-11-16(21)4/h8-14,22H,6-7H2,1-5H3,(H,28,33)(H2,26,27,31). The molecule has 0 aromatic heterocycles. The zero-order valence-corrected chi connectivity index (χ0v) is 20.4. The molecule has 33 heavy (non-hydrogen) atoms. The number of carbonyl (C=O) groups is 2. The van der Waals surface area contributed by atoms with E-state index in [1.54, 1.807) is 13.0 Å². The molecule has 0 radical (unpaired) electrons. The highest BCUT2D eigenvalue weighted by Crippen LogP contribution is 2.32. The average Bonchev–Trinajstić information content (AvgIpc) is 2.76. The van der Waals surface area contributed by atoms with Crippen molar-refractivity contribution < 1.29 is 14.3 Å². The Balaban J connectivity index is 1.88. The van der Waals surface area contributed by atoms with Crippen LogP contribution in [0.5, 0.6) is 0 Å². The van der Waals surface area contributed by atoms with E-state index in [1.807, 2.05) is 69.0 Å². The van der Waals surface area contributed by atoms with Crippen molar-refractivity contribution in [3.8, 4) is 0 Å². The van der Waals surface area contributed by atoms with Gasteiger partial charge in [0.25, 0.3) is 0 Å².